The van der Waals surface area contributed by atoms with E-state index in [0.717, 1.165) is 0 Å². The number of benzene rings is 1. The van der Waals surface area contributed by atoms with E-state index in [9.17, 15) is 0 Å². The molecule has 0 radical (unpaired) electrons. The molecule has 0 aromatic heterocycles. The van der Waals surface area contributed by atoms with Gasteiger partial charge in [0.2, 0.25) is 0 Å². The lowest BCUT2D eigenvalue weighted by molar-refractivity contribution is 0.631. The first-order valence-electron chi connectivity index (χ1n) is 5.50. The van der Waals surface area contributed by atoms with Crippen LogP contribution in [-0.2, 0) is 0 Å². The molecule has 0 N–H and O–H groups in total. The average Bonchev–Trinajstić information content (AvgIpc) is 2.54. The van der Waals surface area contributed by atoms with Crippen LogP contribution < -0.4 is 4.90 Å². The van der Waals surface area contributed by atoms with Crippen molar-refractivity contribution in [2.45, 2.75) is 25.2 Å². The van der Waals surface area contributed by atoms with E-state index < -0.39 is 0 Å². The smallest absolute Gasteiger partial charge is 0.0445 e. The molecular formula is C13H14BrN. The van der Waals surface area contributed by atoms with Crippen molar-refractivity contribution in [1.29, 1.82) is 0 Å². The summed E-state index contributed by atoms with van der Waals surface area (Å²) in [6.45, 7) is 0. The van der Waals surface area contributed by atoms with Crippen molar-refractivity contribution >= 4 is 21.6 Å². The van der Waals surface area contributed by atoms with Gasteiger partial charge in [0.1, 0.15) is 0 Å². The minimum atomic E-state index is 0.649. The molecule has 0 fully saturated rings. The molecule has 1 heterocycles. The first kappa shape index (κ1) is 9.46. The molecule has 0 amide bonds. The van der Waals surface area contributed by atoms with E-state index in [1.54, 1.807) is 0 Å². The summed E-state index contributed by atoms with van der Waals surface area (Å²) in [5.41, 5.74) is 4.39. The number of likely N-dealkylation sites (N-methyl/N-ethyl adjacent to an activating group) is 1. The second kappa shape index (κ2) is 3.38. The van der Waals surface area contributed by atoms with Crippen LogP contribution in [0.15, 0.2) is 34.4 Å². The van der Waals surface area contributed by atoms with Crippen LogP contribution in [0.3, 0.4) is 0 Å². The molecule has 2 aliphatic rings. The lowest BCUT2D eigenvalue weighted by atomic mass is 9.89. The highest BCUT2D eigenvalue weighted by molar-refractivity contribution is 9.10. The number of allylic oxidation sites excluding steroid dienone is 2. The molecule has 1 unspecified atom stereocenters. The van der Waals surface area contributed by atoms with E-state index >= 15 is 0 Å². The van der Waals surface area contributed by atoms with Crippen LogP contribution in [0.5, 0.6) is 0 Å². The van der Waals surface area contributed by atoms with Crippen molar-refractivity contribution in [2.24, 2.45) is 0 Å². The summed E-state index contributed by atoms with van der Waals surface area (Å²) in [4.78, 5) is 2.35. The Morgan fingerprint density at radius 1 is 1.40 bits per heavy atom. The van der Waals surface area contributed by atoms with Crippen molar-refractivity contribution in [2.75, 3.05) is 11.9 Å². The van der Waals surface area contributed by atoms with Crippen LogP contribution >= 0.6 is 15.9 Å². The third-order valence-electron chi connectivity index (χ3n) is 3.52. The van der Waals surface area contributed by atoms with Crippen molar-refractivity contribution < 1.29 is 0 Å². The number of nitrogens with zero attached hydrogens (tertiary/aromatic N) is 1. The lowest BCUT2D eigenvalue weighted by Crippen LogP contribution is -2.15. The molecule has 2 heteroatoms. The fourth-order valence-electron chi connectivity index (χ4n) is 2.80. The van der Waals surface area contributed by atoms with Crippen LogP contribution in [0.25, 0.3) is 0 Å². The van der Waals surface area contributed by atoms with Gasteiger partial charge in [0, 0.05) is 28.8 Å². The Balaban J connectivity index is 2.17. The van der Waals surface area contributed by atoms with Crippen molar-refractivity contribution in [3.05, 3.63) is 40.0 Å². The second-order valence-electron chi connectivity index (χ2n) is 4.37. The highest BCUT2D eigenvalue weighted by atomic mass is 79.9. The largest absolute Gasteiger partial charge is 0.348 e. The number of hydrogen-bond acceptors (Lipinski definition) is 1. The maximum absolute atomic E-state index is 3.56. The first-order valence-corrected chi connectivity index (χ1v) is 6.30. The first-order chi connectivity index (χ1) is 7.27. The zero-order valence-electron chi connectivity index (χ0n) is 8.83. The predicted octanol–water partition coefficient (Wildman–Crippen LogP) is 4.05. The molecule has 1 aliphatic carbocycles. The number of rotatable bonds is 0. The summed E-state index contributed by atoms with van der Waals surface area (Å²) in [5, 5.41) is 0. The Hall–Kier alpha value is -0.760. The van der Waals surface area contributed by atoms with Crippen molar-refractivity contribution in [1.82, 2.24) is 0 Å². The lowest BCUT2D eigenvalue weighted by Gasteiger charge is -2.21. The van der Waals surface area contributed by atoms with Crippen LogP contribution in [-0.4, -0.2) is 7.05 Å². The third-order valence-corrected chi connectivity index (χ3v) is 4.01. The van der Waals surface area contributed by atoms with Gasteiger partial charge in [-0.3, -0.25) is 0 Å². The molecule has 1 nitrogen and oxygen atoms in total. The summed E-state index contributed by atoms with van der Waals surface area (Å²) in [6.07, 6.45) is 6.28. The fourth-order valence-corrected chi connectivity index (χ4v) is 3.18. The molecule has 3 rings (SSSR count). The number of hydrogen-bond donors (Lipinski definition) is 0. The van der Waals surface area contributed by atoms with Gasteiger partial charge in [0.15, 0.2) is 0 Å². The Bertz CT molecular complexity index is 436. The molecule has 0 saturated carbocycles. The quantitative estimate of drug-likeness (QED) is 0.683. The minimum absolute atomic E-state index is 0.649. The number of anilines is 1. The molecule has 78 valence electrons. The Morgan fingerprint density at radius 2 is 2.27 bits per heavy atom. The summed E-state index contributed by atoms with van der Waals surface area (Å²) in [5.74, 6) is 0.649. The summed E-state index contributed by atoms with van der Waals surface area (Å²) >= 11 is 3.56. The molecule has 15 heavy (non-hydrogen) atoms. The molecule has 0 saturated heterocycles. The van der Waals surface area contributed by atoms with Crippen molar-refractivity contribution in [3.8, 4) is 0 Å². The van der Waals surface area contributed by atoms with Gasteiger partial charge in [-0.2, -0.15) is 0 Å². The molecular weight excluding hydrogens is 250 g/mol. The number of halogens is 1. The van der Waals surface area contributed by atoms with E-state index in [0.29, 0.717) is 5.92 Å². The summed E-state index contributed by atoms with van der Waals surface area (Å²) in [6, 6.07) is 6.63. The SMILES string of the molecule is CN1C2=CCCCC2c2cc(Br)ccc21. The van der Waals surface area contributed by atoms with E-state index in [1.807, 2.05) is 0 Å². The van der Waals surface area contributed by atoms with Crippen molar-refractivity contribution in [3.63, 3.8) is 0 Å². The Labute approximate surface area is 98.9 Å². The van der Waals surface area contributed by atoms with Gasteiger partial charge in [-0.05, 0) is 43.0 Å². The van der Waals surface area contributed by atoms with E-state index in [1.165, 1.54) is 40.7 Å². The van der Waals surface area contributed by atoms with Gasteiger partial charge in [0.25, 0.3) is 0 Å². The van der Waals surface area contributed by atoms with Gasteiger partial charge >= 0.3 is 0 Å². The average molecular weight is 264 g/mol. The molecule has 1 aliphatic heterocycles. The molecule has 1 atom stereocenters. The van der Waals surface area contributed by atoms with E-state index in [4.69, 9.17) is 0 Å². The molecule has 1 aromatic rings. The van der Waals surface area contributed by atoms with Crippen LogP contribution in [0.4, 0.5) is 5.69 Å². The zero-order chi connectivity index (χ0) is 10.4. The fraction of sp³-hybridized carbons (Fsp3) is 0.385. The van der Waals surface area contributed by atoms with Crippen LogP contribution in [0, 0.1) is 0 Å². The van der Waals surface area contributed by atoms with Gasteiger partial charge in [-0.15, -0.1) is 0 Å². The highest BCUT2D eigenvalue weighted by Gasteiger charge is 2.32. The number of fused-ring (bicyclic) bond motifs is 3. The van der Waals surface area contributed by atoms with Gasteiger partial charge < -0.3 is 4.90 Å². The third kappa shape index (κ3) is 1.35. The summed E-state index contributed by atoms with van der Waals surface area (Å²) < 4.78 is 1.20. The Kier molecular flexibility index (Phi) is 2.13. The van der Waals surface area contributed by atoms with Crippen LogP contribution in [0.2, 0.25) is 0 Å². The Morgan fingerprint density at radius 3 is 3.13 bits per heavy atom. The zero-order valence-corrected chi connectivity index (χ0v) is 10.4. The highest BCUT2D eigenvalue weighted by Crippen LogP contribution is 2.47. The molecule has 0 spiro atoms. The second-order valence-corrected chi connectivity index (χ2v) is 5.29. The normalized spacial score (nSPS) is 23.5. The topological polar surface area (TPSA) is 3.24 Å². The monoisotopic (exact) mass is 263 g/mol. The predicted molar refractivity (Wildman–Crippen MR) is 67.2 cm³/mol. The van der Waals surface area contributed by atoms with Crippen LogP contribution in [0.1, 0.15) is 30.7 Å². The summed E-state index contributed by atoms with van der Waals surface area (Å²) in [7, 11) is 2.18. The minimum Gasteiger partial charge on any atom is -0.348 e. The maximum Gasteiger partial charge on any atom is 0.0445 e. The van der Waals surface area contributed by atoms with E-state index in [2.05, 4.69) is 52.2 Å². The molecule has 0 bridgehead atoms. The molecule has 1 aromatic carbocycles. The van der Waals surface area contributed by atoms with Gasteiger partial charge in [-0.1, -0.05) is 22.0 Å². The maximum atomic E-state index is 3.56. The van der Waals surface area contributed by atoms with E-state index in [-0.39, 0.29) is 0 Å². The van der Waals surface area contributed by atoms with Gasteiger partial charge in [0.05, 0.1) is 0 Å². The van der Waals surface area contributed by atoms with Gasteiger partial charge in [-0.25, -0.2) is 0 Å². The standard InChI is InChI=1S/C13H14BrN/c1-15-12-5-3-2-4-10(12)11-8-9(14)6-7-13(11)15/h5-8,10H,2-4H2,1H3.